The minimum atomic E-state index is -0.440. The van der Waals surface area contributed by atoms with Gasteiger partial charge >= 0.3 is 0 Å². The number of nitrogens with two attached hydrogens (primary N) is 1. The highest BCUT2D eigenvalue weighted by Gasteiger charge is 2.26. The molecule has 0 spiro atoms. The standard InChI is InChI=1S/C13H29N3O/c1-10(2)16(6)9-7-8-15-12(17)11(14)13(3,4)5/h10-11H,7-9,14H2,1-6H3,(H,15,17). The molecule has 0 aromatic rings. The summed E-state index contributed by atoms with van der Waals surface area (Å²) in [6.45, 7) is 11.9. The number of hydrogen-bond acceptors (Lipinski definition) is 3. The van der Waals surface area contributed by atoms with Gasteiger partial charge in [0.15, 0.2) is 0 Å². The van der Waals surface area contributed by atoms with Crippen LogP contribution in [-0.4, -0.2) is 43.0 Å². The Hall–Kier alpha value is -0.610. The van der Waals surface area contributed by atoms with E-state index in [1.165, 1.54) is 0 Å². The first-order valence-electron chi connectivity index (χ1n) is 6.39. The van der Waals surface area contributed by atoms with E-state index in [0.29, 0.717) is 12.6 Å². The Morgan fingerprint density at radius 2 is 1.88 bits per heavy atom. The summed E-state index contributed by atoms with van der Waals surface area (Å²) in [4.78, 5) is 14.0. The van der Waals surface area contributed by atoms with Gasteiger partial charge in [-0.15, -0.1) is 0 Å². The monoisotopic (exact) mass is 243 g/mol. The lowest BCUT2D eigenvalue weighted by atomic mass is 9.87. The van der Waals surface area contributed by atoms with Crippen LogP contribution in [-0.2, 0) is 4.79 Å². The molecule has 0 aromatic heterocycles. The largest absolute Gasteiger partial charge is 0.355 e. The maximum atomic E-state index is 11.7. The van der Waals surface area contributed by atoms with Crippen molar-refractivity contribution in [2.24, 2.45) is 11.1 Å². The predicted molar refractivity (Wildman–Crippen MR) is 72.8 cm³/mol. The maximum Gasteiger partial charge on any atom is 0.237 e. The van der Waals surface area contributed by atoms with E-state index in [1.54, 1.807) is 0 Å². The smallest absolute Gasteiger partial charge is 0.237 e. The van der Waals surface area contributed by atoms with Crippen molar-refractivity contribution in [3.05, 3.63) is 0 Å². The number of carbonyl (C=O) groups is 1. The molecule has 0 rings (SSSR count). The summed E-state index contributed by atoms with van der Waals surface area (Å²) in [5.74, 6) is -0.0512. The second-order valence-electron chi connectivity index (χ2n) is 6.06. The van der Waals surface area contributed by atoms with Crippen LogP contribution in [0.3, 0.4) is 0 Å². The molecule has 0 fully saturated rings. The Morgan fingerprint density at radius 1 is 1.35 bits per heavy atom. The van der Waals surface area contributed by atoms with Gasteiger partial charge in [-0.3, -0.25) is 4.79 Å². The summed E-state index contributed by atoms with van der Waals surface area (Å²) in [7, 11) is 2.09. The highest BCUT2D eigenvalue weighted by atomic mass is 16.2. The van der Waals surface area contributed by atoms with Crippen LogP contribution in [0.5, 0.6) is 0 Å². The van der Waals surface area contributed by atoms with Gasteiger partial charge in [0.25, 0.3) is 0 Å². The lowest BCUT2D eigenvalue weighted by molar-refractivity contribution is -0.124. The Bertz CT molecular complexity index is 233. The van der Waals surface area contributed by atoms with Gasteiger partial charge in [0.2, 0.25) is 5.91 Å². The maximum absolute atomic E-state index is 11.7. The molecular weight excluding hydrogens is 214 g/mol. The van der Waals surface area contributed by atoms with Crippen molar-refractivity contribution in [2.45, 2.75) is 53.1 Å². The van der Waals surface area contributed by atoms with Crippen molar-refractivity contribution in [3.63, 3.8) is 0 Å². The van der Waals surface area contributed by atoms with Crippen molar-refractivity contribution in [2.75, 3.05) is 20.1 Å². The molecule has 1 unspecified atom stereocenters. The van der Waals surface area contributed by atoms with Gasteiger partial charge < -0.3 is 16.0 Å². The molecule has 0 aliphatic rings. The van der Waals surface area contributed by atoms with Crippen LogP contribution in [0.25, 0.3) is 0 Å². The van der Waals surface area contributed by atoms with E-state index in [1.807, 2.05) is 20.8 Å². The molecule has 4 nitrogen and oxygen atoms in total. The van der Waals surface area contributed by atoms with Crippen LogP contribution < -0.4 is 11.1 Å². The zero-order chi connectivity index (χ0) is 13.6. The van der Waals surface area contributed by atoms with E-state index in [-0.39, 0.29) is 11.3 Å². The zero-order valence-corrected chi connectivity index (χ0v) is 12.2. The van der Waals surface area contributed by atoms with Gasteiger partial charge in [-0.25, -0.2) is 0 Å². The molecule has 0 heterocycles. The lowest BCUT2D eigenvalue weighted by Crippen LogP contribution is -2.49. The van der Waals surface area contributed by atoms with Gasteiger partial charge in [-0.05, 0) is 39.3 Å². The quantitative estimate of drug-likeness (QED) is 0.689. The van der Waals surface area contributed by atoms with Crippen LogP contribution in [0.2, 0.25) is 0 Å². The molecule has 3 N–H and O–H groups in total. The summed E-state index contributed by atoms with van der Waals surface area (Å²) in [5.41, 5.74) is 5.68. The third-order valence-electron chi connectivity index (χ3n) is 3.08. The van der Waals surface area contributed by atoms with Gasteiger partial charge in [0.1, 0.15) is 0 Å². The predicted octanol–water partition coefficient (Wildman–Crippen LogP) is 1.21. The van der Waals surface area contributed by atoms with Crippen molar-refractivity contribution in [3.8, 4) is 0 Å². The second-order valence-corrected chi connectivity index (χ2v) is 6.06. The van der Waals surface area contributed by atoms with E-state index in [0.717, 1.165) is 13.0 Å². The highest BCUT2D eigenvalue weighted by molar-refractivity contribution is 5.82. The van der Waals surface area contributed by atoms with Gasteiger partial charge in [-0.1, -0.05) is 20.8 Å². The average Bonchev–Trinajstić information content (AvgIpc) is 2.20. The van der Waals surface area contributed by atoms with E-state index >= 15 is 0 Å². The number of nitrogens with one attached hydrogen (secondary N) is 1. The average molecular weight is 243 g/mol. The third-order valence-corrected chi connectivity index (χ3v) is 3.08. The molecule has 0 aliphatic carbocycles. The van der Waals surface area contributed by atoms with Gasteiger partial charge in [0.05, 0.1) is 6.04 Å². The molecule has 4 heteroatoms. The summed E-state index contributed by atoms with van der Waals surface area (Å²) in [5, 5.41) is 2.89. The molecule has 0 saturated carbocycles. The van der Waals surface area contributed by atoms with Gasteiger partial charge in [-0.2, -0.15) is 0 Å². The topological polar surface area (TPSA) is 58.4 Å². The van der Waals surface area contributed by atoms with Crippen molar-refractivity contribution < 1.29 is 4.79 Å². The number of nitrogens with zero attached hydrogens (tertiary/aromatic N) is 1. The van der Waals surface area contributed by atoms with Crippen molar-refractivity contribution in [1.82, 2.24) is 10.2 Å². The van der Waals surface area contributed by atoms with E-state index in [2.05, 4.69) is 31.1 Å². The van der Waals surface area contributed by atoms with Crippen LogP contribution in [0.15, 0.2) is 0 Å². The van der Waals surface area contributed by atoms with Crippen LogP contribution in [0.1, 0.15) is 41.0 Å². The van der Waals surface area contributed by atoms with E-state index in [4.69, 9.17) is 5.73 Å². The first-order chi connectivity index (χ1) is 7.66. The molecule has 0 radical (unpaired) electrons. The normalized spacial score (nSPS) is 14.2. The minimum Gasteiger partial charge on any atom is -0.355 e. The van der Waals surface area contributed by atoms with Crippen LogP contribution in [0.4, 0.5) is 0 Å². The molecular formula is C13H29N3O. The molecule has 0 bridgehead atoms. The molecule has 1 atom stereocenters. The number of hydrogen-bond donors (Lipinski definition) is 2. The fourth-order valence-electron chi connectivity index (χ4n) is 1.30. The molecule has 102 valence electrons. The number of amides is 1. The van der Waals surface area contributed by atoms with E-state index in [9.17, 15) is 4.79 Å². The molecule has 0 aromatic carbocycles. The summed E-state index contributed by atoms with van der Waals surface area (Å²) >= 11 is 0. The molecule has 1 amide bonds. The van der Waals surface area contributed by atoms with Crippen LogP contribution in [0, 0.1) is 5.41 Å². The Balaban J connectivity index is 3.80. The zero-order valence-electron chi connectivity index (χ0n) is 12.2. The highest BCUT2D eigenvalue weighted by Crippen LogP contribution is 2.16. The molecule has 0 aliphatic heterocycles. The Morgan fingerprint density at radius 3 is 2.29 bits per heavy atom. The summed E-state index contributed by atoms with van der Waals surface area (Å²) in [6.07, 6.45) is 0.956. The minimum absolute atomic E-state index is 0.0512. The van der Waals surface area contributed by atoms with Crippen molar-refractivity contribution >= 4 is 5.91 Å². The van der Waals surface area contributed by atoms with Crippen molar-refractivity contribution in [1.29, 1.82) is 0 Å². The van der Waals surface area contributed by atoms with Gasteiger partial charge in [0, 0.05) is 12.6 Å². The second kappa shape index (κ2) is 6.97. The number of carbonyl (C=O) groups excluding carboxylic acids is 1. The summed E-state index contributed by atoms with van der Waals surface area (Å²) in [6, 6.07) is 0.105. The lowest BCUT2D eigenvalue weighted by Gasteiger charge is -2.26. The fraction of sp³-hybridized carbons (Fsp3) is 0.923. The molecule has 0 saturated heterocycles. The Kier molecular flexibility index (Phi) is 6.72. The first kappa shape index (κ1) is 16.4. The molecule has 17 heavy (non-hydrogen) atoms. The fourth-order valence-corrected chi connectivity index (χ4v) is 1.30. The van der Waals surface area contributed by atoms with Crippen LogP contribution >= 0.6 is 0 Å². The SMILES string of the molecule is CC(C)N(C)CCCNC(=O)C(N)C(C)(C)C. The first-order valence-corrected chi connectivity index (χ1v) is 6.39. The Labute approximate surface area is 106 Å². The summed E-state index contributed by atoms with van der Waals surface area (Å²) < 4.78 is 0. The van der Waals surface area contributed by atoms with E-state index < -0.39 is 6.04 Å². The third kappa shape index (κ3) is 6.64. The number of rotatable bonds is 6.